The van der Waals surface area contributed by atoms with Crippen LogP contribution in [0.3, 0.4) is 0 Å². The van der Waals surface area contributed by atoms with E-state index in [1.165, 1.54) is 6.07 Å². The van der Waals surface area contributed by atoms with Crippen LogP contribution in [0.15, 0.2) is 42.5 Å². The van der Waals surface area contributed by atoms with Crippen molar-refractivity contribution in [1.29, 1.82) is 0 Å². The molecule has 108 valence electrons. The van der Waals surface area contributed by atoms with Crippen LogP contribution in [-0.2, 0) is 6.18 Å². The summed E-state index contributed by atoms with van der Waals surface area (Å²) in [5.74, 6) is 0.318. The lowest BCUT2D eigenvalue weighted by Gasteiger charge is -2.07. The maximum absolute atomic E-state index is 12.9. The number of hydrogen-bond acceptors (Lipinski definition) is 2. The molecule has 3 rings (SSSR count). The second-order valence-corrected chi connectivity index (χ2v) is 4.87. The molecule has 0 amide bonds. The predicted octanol–water partition coefficient (Wildman–Crippen LogP) is 4.98. The molecule has 1 heterocycles. The molecule has 0 atom stereocenters. The Balaban J connectivity index is 2.05. The van der Waals surface area contributed by atoms with E-state index in [9.17, 15) is 13.2 Å². The van der Waals surface area contributed by atoms with Crippen molar-refractivity contribution >= 4 is 34.0 Å². The Morgan fingerprint density at radius 3 is 2.57 bits per heavy atom. The number of aromatic nitrogens is 2. The fraction of sp³-hybridized carbons (Fsp3) is 0.0714. The van der Waals surface area contributed by atoms with Crippen LogP contribution < -0.4 is 5.32 Å². The van der Waals surface area contributed by atoms with Gasteiger partial charge in [-0.15, -0.1) is 0 Å². The minimum absolute atomic E-state index is 0.0467. The molecule has 21 heavy (non-hydrogen) atoms. The Kier molecular flexibility index (Phi) is 3.25. The highest BCUT2D eigenvalue weighted by Crippen LogP contribution is 2.36. The van der Waals surface area contributed by atoms with Crippen LogP contribution in [0.1, 0.15) is 5.56 Å². The van der Waals surface area contributed by atoms with Gasteiger partial charge in [0, 0.05) is 16.1 Å². The van der Waals surface area contributed by atoms with Crippen LogP contribution >= 0.6 is 11.6 Å². The van der Waals surface area contributed by atoms with E-state index in [0.29, 0.717) is 21.9 Å². The van der Waals surface area contributed by atoms with Crippen molar-refractivity contribution in [2.75, 3.05) is 5.32 Å². The first-order chi connectivity index (χ1) is 9.95. The molecule has 0 radical (unpaired) electrons. The average Bonchev–Trinajstić information content (AvgIpc) is 2.81. The molecule has 7 heteroatoms. The van der Waals surface area contributed by atoms with Crippen molar-refractivity contribution in [2.24, 2.45) is 0 Å². The molecule has 0 bridgehead atoms. The number of nitrogens with one attached hydrogen (secondary N) is 2. The van der Waals surface area contributed by atoms with Gasteiger partial charge < -0.3 is 5.32 Å². The number of halogens is 4. The van der Waals surface area contributed by atoms with Gasteiger partial charge in [0.15, 0.2) is 5.82 Å². The van der Waals surface area contributed by atoms with Crippen LogP contribution in [-0.4, -0.2) is 10.2 Å². The molecule has 0 fully saturated rings. The number of alkyl halides is 3. The number of H-pyrrole nitrogens is 1. The zero-order valence-corrected chi connectivity index (χ0v) is 11.3. The van der Waals surface area contributed by atoms with Crippen molar-refractivity contribution in [3.05, 3.63) is 53.1 Å². The maximum atomic E-state index is 12.9. The van der Waals surface area contributed by atoms with Crippen molar-refractivity contribution in [2.45, 2.75) is 6.18 Å². The number of fused-ring (bicyclic) bond motifs is 1. The summed E-state index contributed by atoms with van der Waals surface area (Å²) in [6.07, 6.45) is -4.43. The summed E-state index contributed by atoms with van der Waals surface area (Å²) in [4.78, 5) is 0. The third kappa shape index (κ3) is 2.67. The lowest BCUT2D eigenvalue weighted by Crippen LogP contribution is -2.05. The number of aromatic amines is 1. The summed E-state index contributed by atoms with van der Waals surface area (Å²) >= 11 is 5.87. The summed E-state index contributed by atoms with van der Waals surface area (Å²) in [5, 5.41) is 10.2. The summed E-state index contributed by atoms with van der Waals surface area (Å²) < 4.78 is 38.8. The number of anilines is 2. The Morgan fingerprint density at radius 2 is 1.86 bits per heavy atom. The smallest absolute Gasteiger partial charge is 0.338 e. The zero-order valence-electron chi connectivity index (χ0n) is 10.5. The standard InChI is InChI=1S/C14H9ClF3N3/c15-8-3-1-4-9(7-8)19-13-10-5-2-6-11(14(16,17)18)12(10)20-21-13/h1-7H,(H2,19,20,21). The molecule has 3 nitrogen and oxygen atoms in total. The number of rotatable bonds is 2. The van der Waals surface area contributed by atoms with Gasteiger partial charge in [-0.25, -0.2) is 0 Å². The van der Waals surface area contributed by atoms with Gasteiger partial charge in [0.1, 0.15) is 0 Å². The Bertz CT molecular complexity index is 796. The molecule has 0 aliphatic carbocycles. The zero-order chi connectivity index (χ0) is 15.0. The van der Waals surface area contributed by atoms with E-state index in [0.717, 1.165) is 6.07 Å². The molecular formula is C14H9ClF3N3. The fourth-order valence-electron chi connectivity index (χ4n) is 2.08. The molecule has 0 saturated heterocycles. The van der Waals surface area contributed by atoms with Crippen LogP contribution in [0.4, 0.5) is 24.7 Å². The molecule has 0 aliphatic heterocycles. The third-order valence-electron chi connectivity index (χ3n) is 2.99. The molecule has 0 saturated carbocycles. The van der Waals surface area contributed by atoms with E-state index in [-0.39, 0.29) is 5.52 Å². The third-order valence-corrected chi connectivity index (χ3v) is 3.23. The van der Waals surface area contributed by atoms with E-state index in [2.05, 4.69) is 15.5 Å². The Hall–Kier alpha value is -2.21. The SMILES string of the molecule is FC(F)(F)c1cccc2c(Nc3cccc(Cl)c3)n[nH]c12. The van der Waals surface area contributed by atoms with Crippen molar-refractivity contribution in [3.8, 4) is 0 Å². The average molecular weight is 312 g/mol. The Morgan fingerprint density at radius 1 is 1.10 bits per heavy atom. The van der Waals surface area contributed by atoms with Crippen molar-refractivity contribution in [3.63, 3.8) is 0 Å². The van der Waals surface area contributed by atoms with Gasteiger partial charge in [0.05, 0.1) is 11.1 Å². The van der Waals surface area contributed by atoms with Gasteiger partial charge in [-0.3, -0.25) is 5.10 Å². The lowest BCUT2D eigenvalue weighted by molar-refractivity contribution is -0.136. The number of benzene rings is 2. The maximum Gasteiger partial charge on any atom is 0.418 e. The van der Waals surface area contributed by atoms with Crippen LogP contribution in [0, 0.1) is 0 Å². The number of hydrogen-bond donors (Lipinski definition) is 2. The molecule has 0 spiro atoms. The predicted molar refractivity (Wildman–Crippen MR) is 75.8 cm³/mol. The largest absolute Gasteiger partial charge is 0.418 e. The van der Waals surface area contributed by atoms with Gasteiger partial charge in [-0.05, 0) is 30.3 Å². The Labute approximate surface area is 122 Å². The summed E-state index contributed by atoms with van der Waals surface area (Å²) in [6, 6.07) is 10.8. The molecule has 0 aliphatic rings. The van der Waals surface area contributed by atoms with Crippen LogP contribution in [0.2, 0.25) is 5.02 Å². The van der Waals surface area contributed by atoms with Gasteiger partial charge in [-0.1, -0.05) is 23.7 Å². The van der Waals surface area contributed by atoms with Crippen molar-refractivity contribution in [1.82, 2.24) is 10.2 Å². The quantitative estimate of drug-likeness (QED) is 0.701. The highest BCUT2D eigenvalue weighted by Gasteiger charge is 2.33. The highest BCUT2D eigenvalue weighted by molar-refractivity contribution is 6.30. The van der Waals surface area contributed by atoms with Gasteiger partial charge >= 0.3 is 6.18 Å². The molecule has 2 N–H and O–H groups in total. The van der Waals surface area contributed by atoms with Gasteiger partial charge in [-0.2, -0.15) is 18.3 Å². The normalized spacial score (nSPS) is 11.8. The van der Waals surface area contributed by atoms with E-state index in [1.54, 1.807) is 30.3 Å². The minimum atomic E-state index is -4.43. The van der Waals surface area contributed by atoms with Crippen LogP contribution in [0.25, 0.3) is 10.9 Å². The second-order valence-electron chi connectivity index (χ2n) is 4.43. The topological polar surface area (TPSA) is 40.7 Å². The fourth-order valence-corrected chi connectivity index (χ4v) is 2.27. The number of nitrogens with zero attached hydrogens (tertiary/aromatic N) is 1. The first kappa shape index (κ1) is 13.8. The highest BCUT2D eigenvalue weighted by atomic mass is 35.5. The second kappa shape index (κ2) is 4.96. The molecule has 1 aromatic heterocycles. The lowest BCUT2D eigenvalue weighted by atomic mass is 10.1. The van der Waals surface area contributed by atoms with E-state index in [4.69, 9.17) is 11.6 Å². The first-order valence-corrected chi connectivity index (χ1v) is 6.40. The minimum Gasteiger partial charge on any atom is -0.338 e. The molecule has 2 aromatic carbocycles. The van der Waals surface area contributed by atoms with Gasteiger partial charge in [0.25, 0.3) is 0 Å². The van der Waals surface area contributed by atoms with E-state index < -0.39 is 11.7 Å². The van der Waals surface area contributed by atoms with E-state index in [1.807, 2.05) is 0 Å². The van der Waals surface area contributed by atoms with Crippen molar-refractivity contribution < 1.29 is 13.2 Å². The summed E-state index contributed by atoms with van der Waals surface area (Å²) in [5.41, 5.74) is -0.144. The summed E-state index contributed by atoms with van der Waals surface area (Å²) in [7, 11) is 0. The molecule has 3 aromatic rings. The van der Waals surface area contributed by atoms with Gasteiger partial charge in [0.2, 0.25) is 0 Å². The summed E-state index contributed by atoms with van der Waals surface area (Å²) in [6.45, 7) is 0. The molecular weight excluding hydrogens is 303 g/mol. The van der Waals surface area contributed by atoms with E-state index >= 15 is 0 Å². The first-order valence-electron chi connectivity index (χ1n) is 6.02. The number of para-hydroxylation sites is 1. The molecule has 0 unspecified atom stereocenters. The monoisotopic (exact) mass is 311 g/mol. The van der Waals surface area contributed by atoms with Crippen LogP contribution in [0.5, 0.6) is 0 Å².